The van der Waals surface area contributed by atoms with E-state index < -0.39 is 0 Å². The van der Waals surface area contributed by atoms with Gasteiger partial charge < -0.3 is 4.90 Å². The number of aromatic nitrogens is 4. The van der Waals surface area contributed by atoms with Crippen molar-refractivity contribution >= 4 is 5.91 Å². The van der Waals surface area contributed by atoms with Crippen LogP contribution >= 0.6 is 0 Å². The van der Waals surface area contributed by atoms with E-state index in [0.29, 0.717) is 11.5 Å². The van der Waals surface area contributed by atoms with Crippen LogP contribution in [0.3, 0.4) is 0 Å². The monoisotopic (exact) mass is 285 g/mol. The minimum atomic E-state index is 0.0817. The van der Waals surface area contributed by atoms with Crippen molar-refractivity contribution in [2.24, 2.45) is 7.05 Å². The molecule has 1 fully saturated rings. The van der Waals surface area contributed by atoms with Gasteiger partial charge in [-0.2, -0.15) is 5.10 Å². The highest BCUT2D eigenvalue weighted by atomic mass is 16.2. The first kappa shape index (κ1) is 13.7. The van der Waals surface area contributed by atoms with E-state index >= 15 is 0 Å². The summed E-state index contributed by atoms with van der Waals surface area (Å²) in [5.41, 5.74) is 2.52. The van der Waals surface area contributed by atoms with E-state index in [4.69, 9.17) is 0 Å². The van der Waals surface area contributed by atoms with Gasteiger partial charge in [-0.1, -0.05) is 0 Å². The molecule has 21 heavy (non-hydrogen) atoms. The third-order valence-corrected chi connectivity index (χ3v) is 4.03. The van der Waals surface area contributed by atoms with Crippen LogP contribution in [0.5, 0.6) is 0 Å². The molecule has 0 spiro atoms. The number of carbonyl (C=O) groups is 1. The third kappa shape index (κ3) is 2.79. The molecule has 0 bridgehead atoms. The molecule has 0 N–H and O–H groups in total. The van der Waals surface area contributed by atoms with Crippen molar-refractivity contribution in [2.45, 2.75) is 25.7 Å². The molecule has 3 rings (SSSR count). The number of rotatable bonds is 2. The number of piperidine rings is 1. The summed E-state index contributed by atoms with van der Waals surface area (Å²) in [4.78, 5) is 22.9. The average molecular weight is 285 g/mol. The van der Waals surface area contributed by atoms with Gasteiger partial charge in [0.25, 0.3) is 5.91 Å². The smallest absolute Gasteiger partial charge is 0.257 e. The van der Waals surface area contributed by atoms with Crippen LogP contribution in [0.1, 0.15) is 40.5 Å². The lowest BCUT2D eigenvalue weighted by atomic mass is 9.93. The number of aryl methyl sites for hydroxylation is 2. The van der Waals surface area contributed by atoms with Gasteiger partial charge in [0.15, 0.2) is 0 Å². The van der Waals surface area contributed by atoms with Gasteiger partial charge in [0.05, 0.1) is 17.0 Å². The first-order valence-electron chi connectivity index (χ1n) is 7.20. The Kier molecular flexibility index (Phi) is 3.68. The number of carbonyl (C=O) groups excluding carboxylic acids is 1. The minimum absolute atomic E-state index is 0.0817. The summed E-state index contributed by atoms with van der Waals surface area (Å²) in [7, 11) is 1.84. The summed E-state index contributed by atoms with van der Waals surface area (Å²) in [6.45, 7) is 3.39. The van der Waals surface area contributed by atoms with E-state index in [1.807, 2.05) is 25.1 Å². The van der Waals surface area contributed by atoms with E-state index in [2.05, 4.69) is 15.1 Å². The van der Waals surface area contributed by atoms with Gasteiger partial charge in [-0.05, 0) is 19.8 Å². The molecule has 110 valence electrons. The van der Waals surface area contributed by atoms with E-state index in [-0.39, 0.29) is 5.91 Å². The normalized spacial score (nSPS) is 16.2. The van der Waals surface area contributed by atoms with Gasteiger partial charge in [-0.15, -0.1) is 0 Å². The second-order valence-corrected chi connectivity index (χ2v) is 5.50. The summed E-state index contributed by atoms with van der Waals surface area (Å²) in [6.07, 6.45) is 8.91. The van der Waals surface area contributed by atoms with Crippen molar-refractivity contribution in [2.75, 3.05) is 13.1 Å². The van der Waals surface area contributed by atoms with Gasteiger partial charge in [-0.3, -0.25) is 19.4 Å². The SMILES string of the molecule is Cc1nn(C)cc1C(=O)N1CCC(c2cnccn2)CC1. The molecule has 2 aromatic heterocycles. The molecule has 2 aromatic rings. The summed E-state index contributed by atoms with van der Waals surface area (Å²) in [5, 5.41) is 4.24. The molecule has 0 unspecified atom stereocenters. The molecular formula is C15H19N5O. The van der Waals surface area contributed by atoms with Crippen molar-refractivity contribution in [3.05, 3.63) is 41.7 Å². The Bertz CT molecular complexity index is 629. The van der Waals surface area contributed by atoms with Crippen LogP contribution in [0.4, 0.5) is 0 Å². The maximum Gasteiger partial charge on any atom is 0.257 e. The molecule has 6 heteroatoms. The van der Waals surface area contributed by atoms with E-state index in [1.54, 1.807) is 23.3 Å². The van der Waals surface area contributed by atoms with E-state index in [9.17, 15) is 4.79 Å². The highest BCUT2D eigenvalue weighted by molar-refractivity contribution is 5.95. The quantitative estimate of drug-likeness (QED) is 0.839. The fourth-order valence-electron chi connectivity index (χ4n) is 2.88. The summed E-state index contributed by atoms with van der Waals surface area (Å²) < 4.78 is 1.69. The predicted molar refractivity (Wildman–Crippen MR) is 77.9 cm³/mol. The topological polar surface area (TPSA) is 63.9 Å². The standard InChI is InChI=1S/C15H19N5O/c1-11-13(10-19(2)18-11)15(21)20-7-3-12(4-8-20)14-9-16-5-6-17-14/h5-6,9-10,12H,3-4,7-8H2,1-2H3. The molecule has 0 aliphatic carbocycles. The van der Waals surface area contributed by atoms with Crippen LogP contribution in [0.25, 0.3) is 0 Å². The Hall–Kier alpha value is -2.24. The van der Waals surface area contributed by atoms with Crippen molar-refractivity contribution < 1.29 is 4.79 Å². The van der Waals surface area contributed by atoms with E-state index in [1.165, 1.54) is 0 Å². The highest BCUT2D eigenvalue weighted by Gasteiger charge is 2.26. The molecule has 1 aliphatic rings. The minimum Gasteiger partial charge on any atom is -0.338 e. The zero-order valence-corrected chi connectivity index (χ0v) is 12.4. The Labute approximate surface area is 123 Å². The molecule has 1 saturated heterocycles. The molecule has 6 nitrogen and oxygen atoms in total. The number of nitrogens with zero attached hydrogens (tertiary/aromatic N) is 5. The molecule has 1 amide bonds. The molecule has 3 heterocycles. The summed E-state index contributed by atoms with van der Waals surface area (Å²) in [6, 6.07) is 0. The number of amides is 1. The van der Waals surface area contributed by atoms with Crippen LogP contribution in [0.2, 0.25) is 0 Å². The Morgan fingerprint density at radius 3 is 2.62 bits per heavy atom. The molecule has 0 radical (unpaired) electrons. The van der Waals surface area contributed by atoms with Crippen molar-refractivity contribution in [3.8, 4) is 0 Å². The van der Waals surface area contributed by atoms with Crippen molar-refractivity contribution in [1.29, 1.82) is 0 Å². The van der Waals surface area contributed by atoms with Gasteiger partial charge in [0, 0.05) is 50.8 Å². The zero-order chi connectivity index (χ0) is 14.8. The van der Waals surface area contributed by atoms with Crippen LogP contribution in [0, 0.1) is 6.92 Å². The fraction of sp³-hybridized carbons (Fsp3) is 0.467. The number of likely N-dealkylation sites (tertiary alicyclic amines) is 1. The number of hydrogen-bond donors (Lipinski definition) is 0. The fourth-order valence-corrected chi connectivity index (χ4v) is 2.88. The lowest BCUT2D eigenvalue weighted by Crippen LogP contribution is -2.38. The molecule has 0 atom stereocenters. The highest BCUT2D eigenvalue weighted by Crippen LogP contribution is 2.26. The van der Waals surface area contributed by atoms with Gasteiger partial charge in [0.1, 0.15) is 0 Å². The predicted octanol–water partition coefficient (Wildman–Crippen LogP) is 1.54. The summed E-state index contributed by atoms with van der Waals surface area (Å²) >= 11 is 0. The van der Waals surface area contributed by atoms with Crippen molar-refractivity contribution in [3.63, 3.8) is 0 Å². The van der Waals surface area contributed by atoms with E-state index in [0.717, 1.165) is 37.3 Å². The first-order valence-corrected chi connectivity index (χ1v) is 7.20. The Balaban J connectivity index is 1.66. The molecule has 0 saturated carbocycles. The van der Waals surface area contributed by atoms with Crippen LogP contribution < -0.4 is 0 Å². The van der Waals surface area contributed by atoms with Crippen LogP contribution in [-0.4, -0.2) is 43.6 Å². The van der Waals surface area contributed by atoms with Crippen LogP contribution in [0.15, 0.2) is 24.8 Å². The zero-order valence-electron chi connectivity index (χ0n) is 12.4. The second-order valence-electron chi connectivity index (χ2n) is 5.50. The third-order valence-electron chi connectivity index (χ3n) is 4.03. The lowest BCUT2D eigenvalue weighted by molar-refractivity contribution is 0.0711. The first-order chi connectivity index (χ1) is 10.1. The second kappa shape index (κ2) is 5.63. The molecule has 1 aliphatic heterocycles. The lowest BCUT2D eigenvalue weighted by Gasteiger charge is -2.31. The largest absolute Gasteiger partial charge is 0.338 e. The number of hydrogen-bond acceptors (Lipinski definition) is 4. The maximum atomic E-state index is 12.5. The molecule has 0 aromatic carbocycles. The average Bonchev–Trinajstić information content (AvgIpc) is 2.86. The van der Waals surface area contributed by atoms with Gasteiger partial charge in [0.2, 0.25) is 0 Å². The van der Waals surface area contributed by atoms with Gasteiger partial charge >= 0.3 is 0 Å². The maximum absolute atomic E-state index is 12.5. The van der Waals surface area contributed by atoms with Crippen LogP contribution in [-0.2, 0) is 7.05 Å². The van der Waals surface area contributed by atoms with Crippen molar-refractivity contribution in [1.82, 2.24) is 24.6 Å². The van der Waals surface area contributed by atoms with Gasteiger partial charge in [-0.25, -0.2) is 0 Å². The summed E-state index contributed by atoms with van der Waals surface area (Å²) in [5.74, 6) is 0.482. The Morgan fingerprint density at radius 1 is 1.29 bits per heavy atom. The Morgan fingerprint density at radius 2 is 2.05 bits per heavy atom. The molecular weight excluding hydrogens is 266 g/mol.